The van der Waals surface area contributed by atoms with Crippen molar-refractivity contribution in [3.63, 3.8) is 0 Å². The monoisotopic (exact) mass is 255 g/mol. The zero-order valence-corrected chi connectivity index (χ0v) is 10.1. The van der Waals surface area contributed by atoms with Crippen LogP contribution in [-0.4, -0.2) is 24.5 Å². The lowest BCUT2D eigenvalue weighted by Crippen LogP contribution is -1.99. The normalized spacial score (nSPS) is 11.9. The Labute approximate surface area is 99.0 Å². The molecule has 6 nitrogen and oxygen atoms in total. The van der Waals surface area contributed by atoms with Gasteiger partial charge in [-0.3, -0.25) is 4.68 Å². The summed E-state index contributed by atoms with van der Waals surface area (Å²) in [5.41, 5.74) is 5.42. The second kappa shape index (κ2) is 4.34. The third kappa shape index (κ3) is 2.75. The number of nitrogens with zero attached hydrogens (tertiary/aromatic N) is 2. The molecule has 92 valence electrons. The zero-order chi connectivity index (χ0) is 12.5. The second-order valence-corrected chi connectivity index (χ2v) is 5.73. The van der Waals surface area contributed by atoms with Crippen LogP contribution in [0.1, 0.15) is 11.5 Å². The van der Waals surface area contributed by atoms with Crippen LogP contribution in [0.5, 0.6) is 0 Å². The number of hydrogen-bond donors (Lipinski definition) is 1. The van der Waals surface area contributed by atoms with Crippen molar-refractivity contribution >= 4 is 9.84 Å². The van der Waals surface area contributed by atoms with Gasteiger partial charge < -0.3 is 10.2 Å². The third-order valence-electron chi connectivity index (χ3n) is 2.27. The lowest BCUT2D eigenvalue weighted by molar-refractivity contribution is 0.445. The highest BCUT2D eigenvalue weighted by Crippen LogP contribution is 2.11. The first-order valence-corrected chi connectivity index (χ1v) is 6.88. The molecule has 0 aromatic carbocycles. The maximum Gasteiger partial charge on any atom is 0.178 e. The van der Waals surface area contributed by atoms with E-state index in [1.807, 2.05) is 0 Å². The van der Waals surface area contributed by atoms with Crippen molar-refractivity contribution in [3.05, 3.63) is 36.0 Å². The molecule has 0 fully saturated rings. The Hall–Kier alpha value is -1.60. The summed E-state index contributed by atoms with van der Waals surface area (Å²) in [7, 11) is -3.21. The van der Waals surface area contributed by atoms with Gasteiger partial charge in [0, 0.05) is 12.5 Å². The Morgan fingerprint density at radius 1 is 1.41 bits per heavy atom. The molecule has 7 heteroatoms. The highest BCUT2D eigenvalue weighted by Gasteiger charge is 2.10. The molecule has 0 spiro atoms. The summed E-state index contributed by atoms with van der Waals surface area (Å²) in [5.74, 6) is 1.38. The Morgan fingerprint density at radius 3 is 2.65 bits per heavy atom. The average Bonchev–Trinajstić information content (AvgIpc) is 2.86. The van der Waals surface area contributed by atoms with Crippen LogP contribution in [0, 0.1) is 0 Å². The molecule has 2 aromatic rings. The summed E-state index contributed by atoms with van der Waals surface area (Å²) in [6.45, 7) is 0.725. The summed E-state index contributed by atoms with van der Waals surface area (Å²) in [5, 5.41) is 3.96. The second-order valence-electron chi connectivity index (χ2n) is 3.72. The summed E-state index contributed by atoms with van der Waals surface area (Å²) in [6, 6.07) is 3.58. The Morgan fingerprint density at radius 2 is 2.12 bits per heavy atom. The van der Waals surface area contributed by atoms with Gasteiger partial charge in [0.05, 0.1) is 19.3 Å². The van der Waals surface area contributed by atoms with Crippen molar-refractivity contribution in [1.82, 2.24) is 9.78 Å². The van der Waals surface area contributed by atoms with Gasteiger partial charge in [0.1, 0.15) is 16.4 Å². The number of furan rings is 1. The minimum atomic E-state index is -3.21. The predicted molar refractivity (Wildman–Crippen MR) is 61.0 cm³/mol. The van der Waals surface area contributed by atoms with Crippen LogP contribution in [0.4, 0.5) is 0 Å². The van der Waals surface area contributed by atoms with Crippen molar-refractivity contribution in [2.24, 2.45) is 5.73 Å². The van der Waals surface area contributed by atoms with E-state index < -0.39 is 9.84 Å². The number of rotatable bonds is 4. The molecule has 17 heavy (non-hydrogen) atoms. The van der Waals surface area contributed by atoms with E-state index in [0.29, 0.717) is 24.6 Å². The van der Waals surface area contributed by atoms with Crippen LogP contribution in [-0.2, 0) is 22.9 Å². The molecular formula is C10H13N3O3S. The topological polar surface area (TPSA) is 91.1 Å². The quantitative estimate of drug-likeness (QED) is 0.853. The molecule has 2 rings (SSSR count). The predicted octanol–water partition coefficient (Wildman–Crippen LogP) is 0.387. The fraction of sp³-hybridized carbons (Fsp3) is 0.300. The molecule has 0 unspecified atom stereocenters. The molecule has 0 atom stereocenters. The highest BCUT2D eigenvalue weighted by molar-refractivity contribution is 7.90. The summed E-state index contributed by atoms with van der Waals surface area (Å²) in [6.07, 6.45) is 3.94. The van der Waals surface area contributed by atoms with Crippen LogP contribution >= 0.6 is 0 Å². The lowest BCUT2D eigenvalue weighted by atomic mass is 10.4. The number of hydrogen-bond acceptors (Lipinski definition) is 5. The van der Waals surface area contributed by atoms with Crippen LogP contribution < -0.4 is 5.73 Å². The van der Waals surface area contributed by atoms with E-state index in [0.717, 1.165) is 6.26 Å². The average molecular weight is 255 g/mol. The Bertz CT molecular complexity index is 612. The van der Waals surface area contributed by atoms with E-state index in [2.05, 4.69) is 5.10 Å². The van der Waals surface area contributed by atoms with E-state index in [1.165, 1.54) is 17.1 Å². The molecule has 0 amide bonds. The van der Waals surface area contributed by atoms with Crippen molar-refractivity contribution in [2.75, 3.05) is 6.26 Å². The van der Waals surface area contributed by atoms with Crippen molar-refractivity contribution in [1.29, 1.82) is 0 Å². The standard InChI is InChI=1S/C10H13N3O3S/c1-17(14,15)10-5-12-13(7-10)6-9-3-2-8(4-11)16-9/h2-3,5,7H,4,6,11H2,1H3. The van der Waals surface area contributed by atoms with Gasteiger partial charge >= 0.3 is 0 Å². The molecule has 0 radical (unpaired) electrons. The zero-order valence-electron chi connectivity index (χ0n) is 9.33. The SMILES string of the molecule is CS(=O)(=O)c1cnn(Cc2ccc(CN)o2)c1. The molecule has 2 N–H and O–H groups in total. The van der Waals surface area contributed by atoms with Crippen LogP contribution in [0.15, 0.2) is 33.8 Å². The van der Waals surface area contributed by atoms with E-state index in [1.54, 1.807) is 12.1 Å². The van der Waals surface area contributed by atoms with Gasteiger partial charge in [-0.15, -0.1) is 0 Å². The maximum absolute atomic E-state index is 11.3. The van der Waals surface area contributed by atoms with Crippen LogP contribution in [0.25, 0.3) is 0 Å². The minimum Gasteiger partial charge on any atom is -0.463 e. The number of sulfone groups is 1. The summed E-state index contributed by atoms with van der Waals surface area (Å²) >= 11 is 0. The van der Waals surface area contributed by atoms with E-state index >= 15 is 0 Å². The Balaban J connectivity index is 2.17. The van der Waals surface area contributed by atoms with Crippen molar-refractivity contribution in [2.45, 2.75) is 18.0 Å². The fourth-order valence-electron chi connectivity index (χ4n) is 1.40. The molecule has 2 heterocycles. The minimum absolute atomic E-state index is 0.197. The first kappa shape index (κ1) is 11.9. The van der Waals surface area contributed by atoms with Gasteiger partial charge in [-0.05, 0) is 12.1 Å². The van der Waals surface area contributed by atoms with Crippen molar-refractivity contribution in [3.8, 4) is 0 Å². The maximum atomic E-state index is 11.3. The molecule has 0 saturated heterocycles. The smallest absolute Gasteiger partial charge is 0.178 e. The molecule has 0 aliphatic rings. The first-order valence-electron chi connectivity index (χ1n) is 4.99. The Kier molecular flexibility index (Phi) is 3.03. The molecule has 0 aliphatic heterocycles. The van der Waals surface area contributed by atoms with Gasteiger partial charge in [0.2, 0.25) is 0 Å². The molecule has 0 bridgehead atoms. The number of aromatic nitrogens is 2. The first-order chi connectivity index (χ1) is 7.99. The molecule has 0 saturated carbocycles. The van der Waals surface area contributed by atoms with E-state index in [9.17, 15) is 8.42 Å². The lowest BCUT2D eigenvalue weighted by Gasteiger charge is -1.97. The molecular weight excluding hydrogens is 242 g/mol. The van der Waals surface area contributed by atoms with Gasteiger partial charge in [-0.1, -0.05) is 0 Å². The third-order valence-corrected chi connectivity index (χ3v) is 3.34. The van der Waals surface area contributed by atoms with E-state index in [4.69, 9.17) is 10.2 Å². The number of nitrogens with two attached hydrogens (primary N) is 1. The van der Waals surface area contributed by atoms with Crippen molar-refractivity contribution < 1.29 is 12.8 Å². The molecule has 0 aliphatic carbocycles. The fourth-order valence-corrected chi connectivity index (χ4v) is 1.95. The van der Waals surface area contributed by atoms with Gasteiger partial charge in [-0.2, -0.15) is 5.10 Å². The van der Waals surface area contributed by atoms with Crippen LogP contribution in [0.2, 0.25) is 0 Å². The largest absolute Gasteiger partial charge is 0.463 e. The van der Waals surface area contributed by atoms with E-state index in [-0.39, 0.29) is 4.90 Å². The van der Waals surface area contributed by atoms with Gasteiger partial charge in [-0.25, -0.2) is 8.42 Å². The van der Waals surface area contributed by atoms with Gasteiger partial charge in [0.15, 0.2) is 9.84 Å². The summed E-state index contributed by atoms with van der Waals surface area (Å²) < 4.78 is 29.4. The molecule has 2 aromatic heterocycles. The highest BCUT2D eigenvalue weighted by atomic mass is 32.2. The summed E-state index contributed by atoms with van der Waals surface area (Å²) in [4.78, 5) is 0.197. The van der Waals surface area contributed by atoms with Crippen LogP contribution in [0.3, 0.4) is 0 Å². The van der Waals surface area contributed by atoms with Gasteiger partial charge in [0.25, 0.3) is 0 Å².